The Morgan fingerprint density at radius 1 is 0.939 bits per heavy atom. The van der Waals surface area contributed by atoms with E-state index in [4.69, 9.17) is 11.5 Å². The van der Waals surface area contributed by atoms with Crippen LogP contribution in [0.2, 0.25) is 0 Å². The molecule has 0 heterocycles. The first-order valence-electron chi connectivity index (χ1n) is 10.8. The molecule has 0 aliphatic rings. The predicted molar refractivity (Wildman–Crippen MR) is 122 cm³/mol. The second-order valence-corrected chi connectivity index (χ2v) is 8.37. The van der Waals surface area contributed by atoms with E-state index in [2.05, 4.69) is 16.0 Å². The van der Waals surface area contributed by atoms with Gasteiger partial charge in [0.15, 0.2) is 0 Å². The van der Waals surface area contributed by atoms with Gasteiger partial charge in [-0.2, -0.15) is 0 Å². The number of carboxylic acids is 1. The number of carbonyl (C=O) groups excluding carboxylic acids is 3. The highest BCUT2D eigenvalue weighted by Crippen LogP contribution is 2.07. The van der Waals surface area contributed by atoms with Crippen molar-refractivity contribution in [2.24, 2.45) is 11.5 Å². The van der Waals surface area contributed by atoms with Crippen LogP contribution in [0.5, 0.6) is 0 Å². The van der Waals surface area contributed by atoms with Gasteiger partial charge in [0.1, 0.15) is 18.1 Å². The van der Waals surface area contributed by atoms with Crippen molar-refractivity contribution in [1.29, 1.82) is 0 Å². The molecule has 0 spiro atoms. The number of aliphatic carboxylic acids is 1. The van der Waals surface area contributed by atoms with Crippen LogP contribution in [0.15, 0.2) is 30.3 Å². The van der Waals surface area contributed by atoms with E-state index in [1.165, 1.54) is 13.8 Å². The number of nitrogens with two attached hydrogens (primary N) is 2. The lowest BCUT2D eigenvalue weighted by Gasteiger charge is -2.26. The van der Waals surface area contributed by atoms with Crippen LogP contribution in [0.4, 0.5) is 0 Å². The summed E-state index contributed by atoms with van der Waals surface area (Å²) in [7, 11) is 0. The third kappa shape index (κ3) is 9.98. The summed E-state index contributed by atoms with van der Waals surface area (Å²) in [5.41, 5.74) is 10.6. The van der Waals surface area contributed by atoms with Crippen molar-refractivity contribution in [2.45, 2.75) is 63.2 Å². The Labute approximate surface area is 193 Å². The number of carboxylic acid groups (broad SMARTS) is 1. The van der Waals surface area contributed by atoms with Gasteiger partial charge < -0.3 is 37.6 Å². The second-order valence-electron chi connectivity index (χ2n) is 8.37. The zero-order chi connectivity index (χ0) is 25.0. The molecule has 11 nitrogen and oxygen atoms in total. The molecule has 9 N–H and O–H groups in total. The average molecular weight is 466 g/mol. The maximum absolute atomic E-state index is 12.9. The number of nitrogens with one attached hydrogen (secondary N) is 3. The van der Waals surface area contributed by atoms with Crippen molar-refractivity contribution in [3.05, 3.63) is 35.9 Å². The molecule has 0 aliphatic heterocycles. The van der Waals surface area contributed by atoms with Gasteiger partial charge in [-0.3, -0.25) is 14.4 Å². The molecule has 0 radical (unpaired) electrons. The van der Waals surface area contributed by atoms with Crippen LogP contribution < -0.4 is 27.4 Å². The molecule has 11 heteroatoms. The fourth-order valence-corrected chi connectivity index (χ4v) is 2.89. The van der Waals surface area contributed by atoms with Crippen molar-refractivity contribution in [1.82, 2.24) is 16.0 Å². The molecule has 3 amide bonds. The minimum Gasteiger partial charge on any atom is -0.480 e. The van der Waals surface area contributed by atoms with Crippen LogP contribution in [0.1, 0.15) is 38.7 Å². The molecule has 0 bridgehead atoms. The third-order valence-electron chi connectivity index (χ3n) is 4.87. The van der Waals surface area contributed by atoms with Gasteiger partial charge in [0.05, 0.1) is 12.1 Å². The molecule has 3 atom stereocenters. The molecule has 1 rings (SSSR count). The topological polar surface area (TPSA) is 197 Å². The molecule has 0 aromatic heterocycles. The molecule has 0 saturated carbocycles. The van der Waals surface area contributed by atoms with Crippen molar-refractivity contribution in [3.8, 4) is 0 Å². The minimum absolute atomic E-state index is 0.0715. The zero-order valence-electron chi connectivity index (χ0n) is 19.0. The van der Waals surface area contributed by atoms with Gasteiger partial charge in [0, 0.05) is 6.42 Å². The standard InChI is InChI=1S/C22H35N5O6/c1-22(2,24)21(33)27-17(13-28)19(30)26-16(12-14-8-4-3-5-9-14)18(29)25-15(20(31)32)10-6-7-11-23/h3-5,8-9,15-17,28H,6-7,10-13,23-24H2,1-2H3,(H,25,29)(H,26,30)(H,27,33)(H,31,32)/t15-,16-,17-/m0/s1. The van der Waals surface area contributed by atoms with E-state index >= 15 is 0 Å². The summed E-state index contributed by atoms with van der Waals surface area (Å²) in [6.45, 7) is 2.57. The number of aliphatic hydroxyl groups excluding tert-OH is 1. The molecule has 0 unspecified atom stereocenters. The third-order valence-corrected chi connectivity index (χ3v) is 4.87. The van der Waals surface area contributed by atoms with Crippen LogP contribution in [0.3, 0.4) is 0 Å². The largest absolute Gasteiger partial charge is 0.480 e. The Bertz CT molecular complexity index is 796. The molecule has 1 aromatic rings. The van der Waals surface area contributed by atoms with Gasteiger partial charge in [0.2, 0.25) is 17.7 Å². The van der Waals surface area contributed by atoms with Crippen LogP contribution >= 0.6 is 0 Å². The maximum atomic E-state index is 12.9. The Balaban J connectivity index is 3.00. The Morgan fingerprint density at radius 3 is 2.03 bits per heavy atom. The molecular formula is C22H35N5O6. The summed E-state index contributed by atoms with van der Waals surface area (Å²) < 4.78 is 0. The summed E-state index contributed by atoms with van der Waals surface area (Å²) in [6, 6.07) is 5.19. The lowest BCUT2D eigenvalue weighted by molar-refractivity contribution is -0.142. The highest BCUT2D eigenvalue weighted by Gasteiger charge is 2.31. The van der Waals surface area contributed by atoms with Gasteiger partial charge in [-0.05, 0) is 45.2 Å². The number of amides is 3. The lowest BCUT2D eigenvalue weighted by Crippen LogP contribution is -2.60. The number of unbranched alkanes of at least 4 members (excludes halogenated alkanes) is 1. The quantitative estimate of drug-likeness (QED) is 0.163. The normalized spacial score (nSPS) is 14.0. The summed E-state index contributed by atoms with van der Waals surface area (Å²) in [6.07, 6.45) is 1.38. The van der Waals surface area contributed by atoms with E-state index in [0.29, 0.717) is 19.4 Å². The Hall–Kier alpha value is -3.02. The van der Waals surface area contributed by atoms with E-state index in [1.807, 2.05) is 0 Å². The van der Waals surface area contributed by atoms with Gasteiger partial charge in [-0.1, -0.05) is 30.3 Å². The second kappa shape index (κ2) is 13.5. The first-order chi connectivity index (χ1) is 15.5. The molecule has 33 heavy (non-hydrogen) atoms. The number of carbonyl (C=O) groups is 4. The summed E-state index contributed by atoms with van der Waals surface area (Å²) in [4.78, 5) is 49.4. The summed E-state index contributed by atoms with van der Waals surface area (Å²) >= 11 is 0. The predicted octanol–water partition coefficient (Wildman–Crippen LogP) is -1.37. The number of rotatable bonds is 14. The maximum Gasteiger partial charge on any atom is 0.326 e. The Kier molecular flexibility index (Phi) is 11.5. The van der Waals surface area contributed by atoms with Gasteiger partial charge in [0.25, 0.3) is 0 Å². The number of hydrogen-bond acceptors (Lipinski definition) is 7. The highest BCUT2D eigenvalue weighted by atomic mass is 16.4. The first-order valence-corrected chi connectivity index (χ1v) is 10.8. The SMILES string of the molecule is CC(C)(N)C(=O)N[C@@H](CO)C(=O)N[C@@H](Cc1ccccc1)C(=O)N[C@@H](CCCCN)C(=O)O. The van der Waals surface area contributed by atoms with Gasteiger partial charge in [-0.25, -0.2) is 4.79 Å². The average Bonchev–Trinajstić information content (AvgIpc) is 2.75. The van der Waals surface area contributed by atoms with E-state index < -0.39 is 54.0 Å². The lowest BCUT2D eigenvalue weighted by atomic mass is 10.0. The van der Waals surface area contributed by atoms with E-state index in [1.54, 1.807) is 30.3 Å². The summed E-state index contributed by atoms with van der Waals surface area (Å²) in [5, 5.41) is 26.3. The van der Waals surface area contributed by atoms with E-state index in [0.717, 1.165) is 5.56 Å². The summed E-state index contributed by atoms with van der Waals surface area (Å²) in [5.74, 6) is -3.36. The fraction of sp³-hybridized carbons (Fsp3) is 0.545. The number of aliphatic hydroxyl groups is 1. The molecular weight excluding hydrogens is 430 g/mol. The van der Waals surface area contributed by atoms with E-state index in [9.17, 15) is 29.4 Å². The molecule has 0 aliphatic carbocycles. The molecule has 0 saturated heterocycles. The van der Waals surface area contributed by atoms with Crippen molar-refractivity contribution in [2.75, 3.05) is 13.2 Å². The van der Waals surface area contributed by atoms with E-state index in [-0.39, 0.29) is 12.8 Å². The molecule has 0 fully saturated rings. The molecule has 1 aromatic carbocycles. The smallest absolute Gasteiger partial charge is 0.326 e. The van der Waals surface area contributed by atoms with Gasteiger partial charge >= 0.3 is 5.97 Å². The van der Waals surface area contributed by atoms with Crippen LogP contribution in [0, 0.1) is 0 Å². The van der Waals surface area contributed by atoms with Crippen LogP contribution in [-0.2, 0) is 25.6 Å². The number of hydrogen-bond donors (Lipinski definition) is 7. The van der Waals surface area contributed by atoms with Crippen LogP contribution in [0.25, 0.3) is 0 Å². The number of benzene rings is 1. The van der Waals surface area contributed by atoms with Crippen molar-refractivity contribution >= 4 is 23.7 Å². The monoisotopic (exact) mass is 465 g/mol. The Morgan fingerprint density at radius 2 is 1.52 bits per heavy atom. The zero-order valence-corrected chi connectivity index (χ0v) is 19.0. The first kappa shape index (κ1) is 28.0. The van der Waals surface area contributed by atoms with Crippen molar-refractivity contribution < 1.29 is 29.4 Å². The van der Waals surface area contributed by atoms with Crippen molar-refractivity contribution in [3.63, 3.8) is 0 Å². The molecule has 184 valence electrons. The van der Waals surface area contributed by atoms with Crippen LogP contribution in [-0.4, -0.2) is 70.7 Å². The van der Waals surface area contributed by atoms with Gasteiger partial charge in [-0.15, -0.1) is 0 Å². The fourth-order valence-electron chi connectivity index (χ4n) is 2.89. The minimum atomic E-state index is -1.34. The highest BCUT2D eigenvalue weighted by molar-refractivity contribution is 5.95.